The van der Waals surface area contributed by atoms with Crippen LogP contribution in [0.25, 0.3) is 15.3 Å². The molecule has 0 saturated heterocycles. The molecule has 0 aliphatic carbocycles. The van der Waals surface area contributed by atoms with Gasteiger partial charge >= 0.3 is 0 Å². The van der Waals surface area contributed by atoms with E-state index in [0.717, 1.165) is 25.9 Å². The van der Waals surface area contributed by atoms with Crippen molar-refractivity contribution in [2.45, 2.75) is 19.3 Å². The summed E-state index contributed by atoms with van der Waals surface area (Å²) in [7, 11) is 0. The van der Waals surface area contributed by atoms with E-state index in [1.807, 2.05) is 25.1 Å². The van der Waals surface area contributed by atoms with E-state index in [-0.39, 0.29) is 24.1 Å². The Morgan fingerprint density at radius 2 is 2.11 bits per heavy atom. The summed E-state index contributed by atoms with van der Waals surface area (Å²) >= 11 is 4.96. The maximum atomic E-state index is 14.5. The van der Waals surface area contributed by atoms with E-state index >= 15 is 0 Å². The maximum absolute atomic E-state index is 14.5. The number of carbonyl (C=O) groups excluding carboxylic acids is 1. The number of halogens is 2. The highest BCUT2D eigenvalue weighted by atomic mass is 79.9. The van der Waals surface area contributed by atoms with Crippen molar-refractivity contribution >= 4 is 49.2 Å². The molecule has 0 fully saturated rings. The van der Waals surface area contributed by atoms with Crippen molar-refractivity contribution in [3.05, 3.63) is 69.6 Å². The molecule has 1 atom stereocenters. The van der Waals surface area contributed by atoms with Gasteiger partial charge in [-0.05, 0) is 36.8 Å². The Morgan fingerprint density at radius 1 is 1.29 bits per heavy atom. The Hall–Kier alpha value is -2.58. The monoisotopic (exact) mass is 456 g/mol. The number of aromatic nitrogens is 3. The molecular formula is C20H14BrFN4OS. The molecular weight excluding hydrogens is 443 g/mol. The number of benzene rings is 2. The van der Waals surface area contributed by atoms with Gasteiger partial charge in [0.2, 0.25) is 11.0 Å². The summed E-state index contributed by atoms with van der Waals surface area (Å²) in [6.45, 7) is 1.88. The molecule has 1 aliphatic rings. The van der Waals surface area contributed by atoms with Crippen LogP contribution in [0.5, 0.6) is 0 Å². The zero-order valence-electron chi connectivity index (χ0n) is 14.7. The van der Waals surface area contributed by atoms with E-state index in [0.29, 0.717) is 16.5 Å². The lowest BCUT2D eigenvalue weighted by Crippen LogP contribution is -2.25. The third-order valence-electron chi connectivity index (χ3n) is 4.90. The first kappa shape index (κ1) is 17.5. The molecule has 1 amide bonds. The zero-order chi connectivity index (χ0) is 19.4. The molecule has 0 bridgehead atoms. The topological polar surface area (TPSA) is 59.8 Å². The normalized spacial score (nSPS) is 16.2. The van der Waals surface area contributed by atoms with Gasteiger partial charge < -0.3 is 5.32 Å². The number of fused-ring (bicyclic) bond motifs is 2. The van der Waals surface area contributed by atoms with E-state index in [9.17, 15) is 9.18 Å². The molecule has 8 heteroatoms. The Bertz CT molecular complexity index is 1250. The third-order valence-corrected chi connectivity index (χ3v) is 6.39. The molecule has 1 unspecified atom stereocenters. The van der Waals surface area contributed by atoms with Crippen LogP contribution in [0, 0.1) is 12.7 Å². The molecule has 2 aromatic heterocycles. The van der Waals surface area contributed by atoms with Gasteiger partial charge in [0.25, 0.3) is 0 Å². The summed E-state index contributed by atoms with van der Waals surface area (Å²) in [6, 6.07) is 12.5. The van der Waals surface area contributed by atoms with Gasteiger partial charge in [-0.3, -0.25) is 4.79 Å². The van der Waals surface area contributed by atoms with Crippen LogP contribution in [0.2, 0.25) is 0 Å². The van der Waals surface area contributed by atoms with Gasteiger partial charge in [-0.25, -0.2) is 9.37 Å². The predicted molar refractivity (Wildman–Crippen MR) is 111 cm³/mol. The summed E-state index contributed by atoms with van der Waals surface area (Å²) in [5.74, 6) is -0.279. The SMILES string of the molecule is Cc1nn(-c2nc3ccc(Br)cc3s2)c2c1C(c1ccccc1F)CC(=O)N2. The number of carbonyl (C=O) groups is 1. The van der Waals surface area contributed by atoms with Crippen LogP contribution in [-0.4, -0.2) is 20.7 Å². The second kappa shape index (κ2) is 6.49. The molecule has 1 N–H and O–H groups in total. The van der Waals surface area contributed by atoms with Gasteiger partial charge in [0.05, 0.1) is 15.9 Å². The van der Waals surface area contributed by atoms with Crippen LogP contribution in [0.1, 0.15) is 29.2 Å². The number of hydrogen-bond acceptors (Lipinski definition) is 4. The van der Waals surface area contributed by atoms with Crippen molar-refractivity contribution in [1.82, 2.24) is 14.8 Å². The van der Waals surface area contributed by atoms with E-state index in [4.69, 9.17) is 0 Å². The summed E-state index contributed by atoms with van der Waals surface area (Å²) in [5.41, 5.74) is 2.96. The summed E-state index contributed by atoms with van der Waals surface area (Å²) in [6.07, 6.45) is 0.188. The lowest BCUT2D eigenvalue weighted by Gasteiger charge is -2.24. The number of thiazole rings is 1. The molecule has 0 radical (unpaired) electrons. The number of rotatable bonds is 2. The molecule has 28 heavy (non-hydrogen) atoms. The average Bonchev–Trinajstić information content (AvgIpc) is 3.22. The second-order valence-electron chi connectivity index (χ2n) is 6.69. The van der Waals surface area contributed by atoms with Crippen molar-refractivity contribution in [3.63, 3.8) is 0 Å². The molecule has 3 heterocycles. The molecule has 0 saturated carbocycles. The fraction of sp³-hybridized carbons (Fsp3) is 0.150. The number of amides is 1. The van der Waals surface area contributed by atoms with E-state index < -0.39 is 0 Å². The highest BCUT2D eigenvalue weighted by Gasteiger charge is 2.34. The summed E-state index contributed by atoms with van der Waals surface area (Å²) in [5, 5.41) is 8.21. The zero-order valence-corrected chi connectivity index (χ0v) is 17.1. The largest absolute Gasteiger partial charge is 0.310 e. The van der Waals surface area contributed by atoms with Crippen molar-refractivity contribution in [2.75, 3.05) is 5.32 Å². The quantitative estimate of drug-likeness (QED) is 0.452. The standard InChI is InChI=1S/C20H14BrFN4OS/c1-10-18-13(12-4-2-3-5-14(12)22)9-17(27)24-19(18)26(25-10)20-23-15-7-6-11(21)8-16(15)28-20/h2-8,13H,9H2,1H3,(H,24,27). The highest BCUT2D eigenvalue weighted by molar-refractivity contribution is 9.10. The molecule has 140 valence electrons. The van der Waals surface area contributed by atoms with Gasteiger partial charge in [-0.1, -0.05) is 45.5 Å². The van der Waals surface area contributed by atoms with Crippen LogP contribution in [0.4, 0.5) is 10.2 Å². The fourth-order valence-electron chi connectivity index (χ4n) is 3.69. The van der Waals surface area contributed by atoms with Gasteiger partial charge in [0.15, 0.2) is 0 Å². The van der Waals surface area contributed by atoms with E-state index in [1.165, 1.54) is 17.4 Å². The summed E-state index contributed by atoms with van der Waals surface area (Å²) in [4.78, 5) is 17.1. The minimum atomic E-state index is -0.373. The van der Waals surface area contributed by atoms with Crippen molar-refractivity contribution in [3.8, 4) is 5.13 Å². The van der Waals surface area contributed by atoms with Gasteiger partial charge in [0, 0.05) is 22.4 Å². The predicted octanol–water partition coefficient (Wildman–Crippen LogP) is 5.17. The van der Waals surface area contributed by atoms with E-state index in [2.05, 4.69) is 31.3 Å². The number of anilines is 1. The van der Waals surface area contributed by atoms with Crippen molar-refractivity contribution in [1.29, 1.82) is 0 Å². The smallest absolute Gasteiger partial charge is 0.226 e. The molecule has 5 nitrogen and oxygen atoms in total. The van der Waals surface area contributed by atoms with Crippen LogP contribution in [-0.2, 0) is 4.79 Å². The molecule has 0 spiro atoms. The highest BCUT2D eigenvalue weighted by Crippen LogP contribution is 2.41. The number of aryl methyl sites for hydroxylation is 1. The number of hydrogen-bond donors (Lipinski definition) is 1. The van der Waals surface area contributed by atoms with Gasteiger partial charge in [0.1, 0.15) is 11.6 Å². The van der Waals surface area contributed by atoms with E-state index in [1.54, 1.807) is 22.9 Å². The number of nitrogens with zero attached hydrogens (tertiary/aromatic N) is 3. The second-order valence-corrected chi connectivity index (χ2v) is 8.62. The number of nitrogens with one attached hydrogen (secondary N) is 1. The van der Waals surface area contributed by atoms with Crippen LogP contribution in [0.3, 0.4) is 0 Å². The Morgan fingerprint density at radius 3 is 2.93 bits per heavy atom. The Kier molecular flexibility index (Phi) is 4.06. The fourth-order valence-corrected chi connectivity index (χ4v) is 5.16. The Labute approximate surface area is 172 Å². The van der Waals surface area contributed by atoms with Crippen LogP contribution < -0.4 is 5.32 Å². The van der Waals surface area contributed by atoms with Gasteiger partial charge in [-0.15, -0.1) is 0 Å². The molecule has 4 aromatic rings. The minimum absolute atomic E-state index is 0.161. The third kappa shape index (κ3) is 2.75. The first-order valence-electron chi connectivity index (χ1n) is 8.71. The van der Waals surface area contributed by atoms with Crippen molar-refractivity contribution < 1.29 is 9.18 Å². The van der Waals surface area contributed by atoms with Crippen LogP contribution in [0.15, 0.2) is 46.9 Å². The first-order valence-corrected chi connectivity index (χ1v) is 10.3. The van der Waals surface area contributed by atoms with Crippen molar-refractivity contribution in [2.24, 2.45) is 0 Å². The molecule has 2 aromatic carbocycles. The Balaban J connectivity index is 1.69. The molecule has 1 aliphatic heterocycles. The van der Waals surface area contributed by atoms with Crippen LogP contribution >= 0.6 is 27.3 Å². The van der Waals surface area contributed by atoms with Gasteiger partial charge in [-0.2, -0.15) is 9.78 Å². The lowest BCUT2D eigenvalue weighted by atomic mass is 9.85. The maximum Gasteiger partial charge on any atom is 0.226 e. The summed E-state index contributed by atoms with van der Waals surface area (Å²) < 4.78 is 18.1. The first-order chi connectivity index (χ1) is 13.5. The average molecular weight is 457 g/mol. The lowest BCUT2D eigenvalue weighted by molar-refractivity contribution is -0.116. The molecule has 5 rings (SSSR count). The minimum Gasteiger partial charge on any atom is -0.310 e.